The van der Waals surface area contributed by atoms with Crippen molar-refractivity contribution >= 4 is 0 Å². The fraction of sp³-hybridized carbons (Fsp3) is 0.250. The third kappa shape index (κ3) is 2.25. The number of aromatic nitrogens is 1. The Bertz CT molecular complexity index is 431. The van der Waals surface area contributed by atoms with Crippen molar-refractivity contribution in [3.8, 4) is 11.3 Å². The Kier molecular flexibility index (Phi) is 2.83. The Balaban J connectivity index is 2.25. The molecule has 2 aromatic rings. The Morgan fingerprint density at radius 3 is 2.67 bits per heavy atom. The number of nitrogens with one attached hydrogen (secondary N) is 1. The molecular weight excluding hydrogens is 188 g/mol. The van der Waals surface area contributed by atoms with E-state index < -0.39 is 0 Å². The molecule has 0 spiro atoms. The van der Waals surface area contributed by atoms with Crippen molar-refractivity contribution < 1.29 is 4.42 Å². The third-order valence-corrected chi connectivity index (χ3v) is 2.22. The van der Waals surface area contributed by atoms with Crippen LogP contribution < -0.4 is 5.32 Å². The molecule has 15 heavy (non-hydrogen) atoms. The van der Waals surface area contributed by atoms with Crippen molar-refractivity contribution in [2.75, 3.05) is 7.05 Å². The molecule has 1 heterocycles. The molecule has 0 saturated heterocycles. The first-order chi connectivity index (χ1) is 7.29. The Morgan fingerprint density at radius 1 is 1.27 bits per heavy atom. The monoisotopic (exact) mass is 202 g/mol. The van der Waals surface area contributed by atoms with E-state index in [9.17, 15) is 0 Å². The molecule has 78 valence electrons. The van der Waals surface area contributed by atoms with E-state index in [0.29, 0.717) is 12.4 Å². The largest absolute Gasteiger partial charge is 0.439 e. The molecular formula is C12H14N2O. The number of oxazole rings is 1. The molecule has 1 aromatic heterocycles. The van der Waals surface area contributed by atoms with Crippen molar-refractivity contribution in [2.24, 2.45) is 0 Å². The topological polar surface area (TPSA) is 38.1 Å². The van der Waals surface area contributed by atoms with Gasteiger partial charge in [0.15, 0.2) is 5.76 Å². The lowest BCUT2D eigenvalue weighted by atomic mass is 10.1. The lowest BCUT2D eigenvalue weighted by Crippen LogP contribution is -2.04. The number of nitrogens with zero attached hydrogens (tertiary/aromatic N) is 1. The van der Waals surface area contributed by atoms with E-state index >= 15 is 0 Å². The predicted octanol–water partition coefficient (Wildman–Crippen LogP) is 2.37. The van der Waals surface area contributed by atoms with E-state index in [1.807, 2.05) is 19.2 Å². The van der Waals surface area contributed by atoms with Gasteiger partial charge in [-0.15, -0.1) is 0 Å². The van der Waals surface area contributed by atoms with Crippen LogP contribution in [0.1, 0.15) is 11.5 Å². The van der Waals surface area contributed by atoms with Gasteiger partial charge in [0.05, 0.1) is 12.7 Å². The summed E-state index contributed by atoms with van der Waals surface area (Å²) in [4.78, 5) is 4.18. The van der Waals surface area contributed by atoms with Crippen LogP contribution in [0.25, 0.3) is 11.3 Å². The fourth-order valence-electron chi connectivity index (χ4n) is 1.39. The Morgan fingerprint density at radius 2 is 2.00 bits per heavy atom. The second-order valence-electron chi connectivity index (χ2n) is 3.51. The van der Waals surface area contributed by atoms with Crippen LogP contribution in [0.2, 0.25) is 0 Å². The molecule has 0 amide bonds. The van der Waals surface area contributed by atoms with Crippen LogP contribution in [0.4, 0.5) is 0 Å². The van der Waals surface area contributed by atoms with Gasteiger partial charge < -0.3 is 9.73 Å². The summed E-state index contributed by atoms with van der Waals surface area (Å²) in [7, 11) is 1.87. The highest BCUT2D eigenvalue weighted by atomic mass is 16.4. The van der Waals surface area contributed by atoms with Crippen molar-refractivity contribution in [1.29, 1.82) is 0 Å². The quantitative estimate of drug-likeness (QED) is 0.830. The lowest BCUT2D eigenvalue weighted by molar-refractivity contribution is 0.491. The van der Waals surface area contributed by atoms with Gasteiger partial charge in [0.25, 0.3) is 0 Å². The summed E-state index contributed by atoms with van der Waals surface area (Å²) in [6.45, 7) is 2.72. The summed E-state index contributed by atoms with van der Waals surface area (Å²) in [6.07, 6.45) is 1.76. The maximum Gasteiger partial charge on any atom is 0.208 e. The normalized spacial score (nSPS) is 10.5. The fourth-order valence-corrected chi connectivity index (χ4v) is 1.39. The van der Waals surface area contributed by atoms with Gasteiger partial charge in [-0.1, -0.05) is 29.8 Å². The van der Waals surface area contributed by atoms with Crippen LogP contribution >= 0.6 is 0 Å². The van der Waals surface area contributed by atoms with Crippen molar-refractivity contribution in [3.05, 3.63) is 41.9 Å². The number of benzene rings is 1. The molecule has 0 unspecified atom stereocenters. The summed E-state index contributed by atoms with van der Waals surface area (Å²) < 4.78 is 5.58. The first kappa shape index (κ1) is 9.93. The third-order valence-electron chi connectivity index (χ3n) is 2.22. The highest BCUT2D eigenvalue weighted by Crippen LogP contribution is 2.20. The van der Waals surface area contributed by atoms with Crippen molar-refractivity contribution in [3.63, 3.8) is 0 Å². The maximum atomic E-state index is 5.58. The van der Waals surface area contributed by atoms with E-state index in [2.05, 4.69) is 29.4 Å². The molecule has 3 nitrogen and oxygen atoms in total. The molecule has 1 aromatic carbocycles. The summed E-state index contributed by atoms with van der Waals surface area (Å²) in [6, 6.07) is 8.21. The molecule has 0 aliphatic rings. The second-order valence-corrected chi connectivity index (χ2v) is 3.51. The first-order valence-corrected chi connectivity index (χ1v) is 4.96. The molecule has 3 heteroatoms. The van der Waals surface area contributed by atoms with E-state index in [1.165, 1.54) is 5.56 Å². The SMILES string of the molecule is CNCc1ncc(-c2ccc(C)cc2)o1. The Labute approximate surface area is 89.1 Å². The number of aryl methyl sites for hydroxylation is 1. The summed E-state index contributed by atoms with van der Waals surface area (Å²) in [5, 5.41) is 3.00. The van der Waals surface area contributed by atoms with Gasteiger partial charge in [0.2, 0.25) is 5.89 Å². The van der Waals surface area contributed by atoms with Crippen LogP contribution in [-0.4, -0.2) is 12.0 Å². The van der Waals surface area contributed by atoms with E-state index in [4.69, 9.17) is 4.42 Å². The van der Waals surface area contributed by atoms with Gasteiger partial charge in [-0.05, 0) is 14.0 Å². The number of hydrogen-bond acceptors (Lipinski definition) is 3. The molecule has 0 aliphatic heterocycles. The standard InChI is InChI=1S/C12H14N2O/c1-9-3-5-10(6-4-9)11-7-14-12(15-11)8-13-2/h3-7,13H,8H2,1-2H3. The first-order valence-electron chi connectivity index (χ1n) is 4.96. The molecule has 0 bridgehead atoms. The Hall–Kier alpha value is -1.61. The van der Waals surface area contributed by atoms with E-state index in [1.54, 1.807) is 6.20 Å². The zero-order valence-electron chi connectivity index (χ0n) is 8.95. The minimum atomic E-state index is 0.659. The molecule has 0 radical (unpaired) electrons. The van der Waals surface area contributed by atoms with Crippen LogP contribution in [0.15, 0.2) is 34.9 Å². The molecule has 0 aliphatic carbocycles. The van der Waals surface area contributed by atoms with Gasteiger partial charge in [0, 0.05) is 5.56 Å². The van der Waals surface area contributed by atoms with Gasteiger partial charge in [-0.2, -0.15) is 0 Å². The predicted molar refractivity (Wildman–Crippen MR) is 59.4 cm³/mol. The van der Waals surface area contributed by atoms with Gasteiger partial charge >= 0.3 is 0 Å². The van der Waals surface area contributed by atoms with Crippen molar-refractivity contribution in [2.45, 2.75) is 13.5 Å². The van der Waals surface area contributed by atoms with Crippen LogP contribution in [0.3, 0.4) is 0 Å². The number of hydrogen-bond donors (Lipinski definition) is 1. The zero-order valence-corrected chi connectivity index (χ0v) is 8.95. The van der Waals surface area contributed by atoms with Gasteiger partial charge in [-0.3, -0.25) is 0 Å². The molecule has 0 saturated carbocycles. The zero-order chi connectivity index (χ0) is 10.7. The average Bonchev–Trinajstić information content (AvgIpc) is 2.68. The minimum Gasteiger partial charge on any atom is -0.439 e. The van der Waals surface area contributed by atoms with Crippen LogP contribution in [-0.2, 0) is 6.54 Å². The van der Waals surface area contributed by atoms with E-state index in [0.717, 1.165) is 11.3 Å². The average molecular weight is 202 g/mol. The molecule has 2 rings (SSSR count). The van der Waals surface area contributed by atoms with Crippen molar-refractivity contribution in [1.82, 2.24) is 10.3 Å². The molecule has 0 atom stereocenters. The molecule has 1 N–H and O–H groups in total. The minimum absolute atomic E-state index is 0.659. The smallest absolute Gasteiger partial charge is 0.208 e. The number of rotatable bonds is 3. The van der Waals surface area contributed by atoms with Crippen LogP contribution in [0.5, 0.6) is 0 Å². The lowest BCUT2D eigenvalue weighted by Gasteiger charge is -1.96. The summed E-state index contributed by atoms with van der Waals surface area (Å²) in [5.74, 6) is 1.54. The van der Waals surface area contributed by atoms with Crippen LogP contribution in [0, 0.1) is 6.92 Å². The summed E-state index contributed by atoms with van der Waals surface area (Å²) >= 11 is 0. The highest BCUT2D eigenvalue weighted by Gasteiger charge is 2.04. The highest BCUT2D eigenvalue weighted by molar-refractivity contribution is 5.56. The van der Waals surface area contributed by atoms with Gasteiger partial charge in [0.1, 0.15) is 0 Å². The van der Waals surface area contributed by atoms with E-state index in [-0.39, 0.29) is 0 Å². The second kappa shape index (κ2) is 4.28. The molecule has 0 fully saturated rings. The summed E-state index contributed by atoms with van der Waals surface area (Å²) in [5.41, 5.74) is 2.31. The maximum absolute atomic E-state index is 5.58. The van der Waals surface area contributed by atoms with Gasteiger partial charge in [-0.25, -0.2) is 4.98 Å².